The fraction of sp³-hybridized carbons (Fsp3) is 0.533. The molecule has 1 aromatic rings. The van der Waals surface area contributed by atoms with Crippen molar-refractivity contribution in [1.29, 1.82) is 0 Å². The van der Waals surface area contributed by atoms with Gasteiger partial charge in [0.2, 0.25) is 5.91 Å². The number of nitrogens with one attached hydrogen (secondary N) is 1. The molecule has 1 amide bonds. The standard InChI is InChI=1S/C15H19F3N2O3S.ClH/c16-15(17,18)11-5-10(8-19)6-12(7-11)20-14(21)9-24(22,23)13-3-1-2-4-13;/h5-7,13H,1-4,8-9,19H2,(H,20,21);1H. The van der Waals surface area contributed by atoms with Gasteiger partial charge in [0.05, 0.1) is 10.8 Å². The molecular formula is C15H20ClF3N2O3S. The first-order valence-corrected chi connectivity index (χ1v) is 9.26. The number of alkyl halides is 3. The van der Waals surface area contributed by atoms with Gasteiger partial charge < -0.3 is 11.1 Å². The number of carbonyl (C=O) groups excluding carboxylic acids is 1. The average Bonchev–Trinajstić information content (AvgIpc) is 3.00. The Balaban J connectivity index is 0.00000312. The van der Waals surface area contributed by atoms with Crippen LogP contribution in [0.25, 0.3) is 0 Å². The molecule has 10 heteroatoms. The first-order chi connectivity index (χ1) is 11.1. The number of sulfone groups is 1. The highest BCUT2D eigenvalue weighted by Gasteiger charge is 2.32. The SMILES string of the molecule is Cl.NCc1cc(NC(=O)CS(=O)(=O)C2CCCC2)cc(C(F)(F)F)c1. The second kappa shape index (κ2) is 8.37. The van der Waals surface area contributed by atoms with Crippen LogP contribution >= 0.6 is 12.4 Å². The first kappa shape index (κ1) is 21.7. The van der Waals surface area contributed by atoms with E-state index in [1.165, 1.54) is 6.07 Å². The number of amides is 1. The van der Waals surface area contributed by atoms with Crippen LogP contribution in [0.3, 0.4) is 0 Å². The summed E-state index contributed by atoms with van der Waals surface area (Å²) in [6.07, 6.45) is -1.93. The number of nitrogens with two attached hydrogens (primary N) is 1. The number of benzene rings is 1. The van der Waals surface area contributed by atoms with Gasteiger partial charge in [0.1, 0.15) is 5.75 Å². The lowest BCUT2D eigenvalue weighted by molar-refractivity contribution is -0.137. The average molecular weight is 401 g/mol. The number of hydrogen-bond acceptors (Lipinski definition) is 4. The third kappa shape index (κ3) is 5.86. The minimum Gasteiger partial charge on any atom is -0.326 e. The van der Waals surface area contributed by atoms with Crippen LogP contribution in [0.2, 0.25) is 0 Å². The molecule has 1 aromatic carbocycles. The fourth-order valence-corrected chi connectivity index (χ4v) is 4.52. The summed E-state index contributed by atoms with van der Waals surface area (Å²) in [5.74, 6) is -1.57. The lowest BCUT2D eigenvalue weighted by Gasteiger charge is -2.14. The second-order valence-electron chi connectivity index (χ2n) is 5.88. The third-order valence-corrected chi connectivity index (χ3v) is 6.13. The molecule has 1 saturated carbocycles. The summed E-state index contributed by atoms with van der Waals surface area (Å²) in [4.78, 5) is 11.9. The number of anilines is 1. The van der Waals surface area contributed by atoms with E-state index in [9.17, 15) is 26.4 Å². The molecule has 0 atom stereocenters. The van der Waals surface area contributed by atoms with Crippen molar-refractivity contribution in [3.63, 3.8) is 0 Å². The van der Waals surface area contributed by atoms with Crippen LogP contribution < -0.4 is 11.1 Å². The zero-order valence-electron chi connectivity index (χ0n) is 13.3. The van der Waals surface area contributed by atoms with Crippen molar-refractivity contribution in [2.75, 3.05) is 11.1 Å². The molecule has 0 aliphatic heterocycles. The summed E-state index contributed by atoms with van der Waals surface area (Å²) in [5.41, 5.74) is 4.50. The first-order valence-electron chi connectivity index (χ1n) is 7.54. The van der Waals surface area contributed by atoms with Crippen molar-refractivity contribution in [2.45, 2.75) is 43.7 Å². The van der Waals surface area contributed by atoms with E-state index in [2.05, 4.69) is 5.32 Å². The van der Waals surface area contributed by atoms with Crippen LogP contribution in [0.4, 0.5) is 18.9 Å². The summed E-state index contributed by atoms with van der Waals surface area (Å²) >= 11 is 0. The zero-order valence-corrected chi connectivity index (χ0v) is 14.9. The Labute approximate surface area is 150 Å². The van der Waals surface area contributed by atoms with Crippen molar-refractivity contribution in [2.24, 2.45) is 5.73 Å². The van der Waals surface area contributed by atoms with E-state index in [0.29, 0.717) is 12.8 Å². The molecule has 0 spiro atoms. The van der Waals surface area contributed by atoms with Crippen molar-refractivity contribution < 1.29 is 26.4 Å². The molecule has 0 unspecified atom stereocenters. The predicted molar refractivity (Wildman–Crippen MR) is 91.3 cm³/mol. The molecule has 1 aliphatic rings. The lowest BCUT2D eigenvalue weighted by Crippen LogP contribution is -2.29. The van der Waals surface area contributed by atoms with Crippen molar-refractivity contribution in [1.82, 2.24) is 0 Å². The Kier molecular flexibility index (Phi) is 7.28. The van der Waals surface area contributed by atoms with Gasteiger partial charge in [-0.25, -0.2) is 8.42 Å². The Morgan fingerprint density at radius 1 is 1.20 bits per heavy atom. The van der Waals surface area contributed by atoms with Gasteiger partial charge in [-0.2, -0.15) is 13.2 Å². The highest BCUT2D eigenvalue weighted by Crippen LogP contribution is 2.32. The zero-order chi connectivity index (χ0) is 18.0. The monoisotopic (exact) mass is 400 g/mol. The summed E-state index contributed by atoms with van der Waals surface area (Å²) in [6.45, 7) is -0.132. The Morgan fingerprint density at radius 2 is 1.80 bits per heavy atom. The minimum atomic E-state index is -4.58. The van der Waals surface area contributed by atoms with Crippen LogP contribution in [-0.4, -0.2) is 25.3 Å². The molecule has 5 nitrogen and oxygen atoms in total. The van der Waals surface area contributed by atoms with E-state index >= 15 is 0 Å². The van der Waals surface area contributed by atoms with E-state index < -0.39 is 38.5 Å². The van der Waals surface area contributed by atoms with Crippen LogP contribution in [0.15, 0.2) is 18.2 Å². The highest BCUT2D eigenvalue weighted by molar-refractivity contribution is 7.92. The van der Waals surface area contributed by atoms with Crippen LogP contribution in [0, 0.1) is 0 Å². The Bertz CT molecular complexity index is 717. The van der Waals surface area contributed by atoms with Crippen molar-refractivity contribution in [3.8, 4) is 0 Å². The highest BCUT2D eigenvalue weighted by atomic mass is 35.5. The molecule has 0 radical (unpaired) electrons. The van der Waals surface area contributed by atoms with Gasteiger partial charge in [0.25, 0.3) is 0 Å². The van der Waals surface area contributed by atoms with Crippen molar-refractivity contribution >= 4 is 33.8 Å². The molecule has 0 aromatic heterocycles. The summed E-state index contributed by atoms with van der Waals surface area (Å²) < 4.78 is 62.8. The lowest BCUT2D eigenvalue weighted by atomic mass is 10.1. The molecule has 1 fully saturated rings. The largest absolute Gasteiger partial charge is 0.416 e. The maximum absolute atomic E-state index is 12.8. The molecule has 0 heterocycles. The van der Waals surface area contributed by atoms with Crippen LogP contribution in [-0.2, 0) is 27.4 Å². The number of halogens is 4. The maximum Gasteiger partial charge on any atom is 0.416 e. The van der Waals surface area contributed by atoms with E-state index in [-0.39, 0.29) is 30.2 Å². The van der Waals surface area contributed by atoms with Gasteiger partial charge in [-0.3, -0.25) is 4.79 Å². The molecule has 2 rings (SSSR count). The van der Waals surface area contributed by atoms with Gasteiger partial charge in [0.15, 0.2) is 9.84 Å². The van der Waals surface area contributed by atoms with E-state index in [0.717, 1.165) is 25.0 Å². The van der Waals surface area contributed by atoms with Crippen LogP contribution in [0.5, 0.6) is 0 Å². The molecule has 3 N–H and O–H groups in total. The van der Waals surface area contributed by atoms with Crippen molar-refractivity contribution in [3.05, 3.63) is 29.3 Å². The second-order valence-corrected chi connectivity index (χ2v) is 8.16. The van der Waals surface area contributed by atoms with Crippen LogP contribution in [0.1, 0.15) is 36.8 Å². The Morgan fingerprint density at radius 3 is 2.32 bits per heavy atom. The summed E-state index contributed by atoms with van der Waals surface area (Å²) in [7, 11) is -3.59. The molecule has 0 saturated heterocycles. The molecule has 25 heavy (non-hydrogen) atoms. The van der Waals surface area contributed by atoms with Gasteiger partial charge in [-0.1, -0.05) is 12.8 Å². The molecule has 0 bridgehead atoms. The van der Waals surface area contributed by atoms with Gasteiger partial charge >= 0.3 is 6.18 Å². The normalized spacial score (nSPS) is 15.7. The maximum atomic E-state index is 12.8. The quantitative estimate of drug-likeness (QED) is 0.795. The van der Waals surface area contributed by atoms with Gasteiger partial charge in [0, 0.05) is 12.2 Å². The smallest absolute Gasteiger partial charge is 0.326 e. The summed E-state index contributed by atoms with van der Waals surface area (Å²) in [5, 5.41) is 1.70. The summed E-state index contributed by atoms with van der Waals surface area (Å²) in [6, 6.07) is 2.96. The molecule has 142 valence electrons. The van der Waals surface area contributed by atoms with E-state index in [4.69, 9.17) is 5.73 Å². The third-order valence-electron chi connectivity index (χ3n) is 3.98. The van der Waals surface area contributed by atoms with Gasteiger partial charge in [-0.15, -0.1) is 12.4 Å². The number of rotatable bonds is 5. The molecule has 1 aliphatic carbocycles. The number of hydrogen-bond donors (Lipinski definition) is 2. The fourth-order valence-electron chi connectivity index (χ4n) is 2.79. The number of carbonyl (C=O) groups is 1. The van der Waals surface area contributed by atoms with E-state index in [1.54, 1.807) is 0 Å². The topological polar surface area (TPSA) is 89.3 Å². The Hall–Kier alpha value is -1.32. The van der Waals surface area contributed by atoms with Gasteiger partial charge in [-0.05, 0) is 36.6 Å². The molecular weight excluding hydrogens is 381 g/mol. The van der Waals surface area contributed by atoms with E-state index in [1.807, 2.05) is 0 Å². The predicted octanol–water partition coefficient (Wildman–Crippen LogP) is 2.88. The minimum absolute atomic E-state index is 0.